The highest BCUT2D eigenvalue weighted by molar-refractivity contribution is 5.71. The van der Waals surface area contributed by atoms with Crippen LogP contribution in [0.25, 0.3) is 0 Å². The number of carbonyl (C=O) groups is 1. The van der Waals surface area contributed by atoms with Crippen LogP contribution in [0, 0.1) is 0 Å². The van der Waals surface area contributed by atoms with Crippen LogP contribution in [-0.4, -0.2) is 17.2 Å². The highest BCUT2D eigenvalue weighted by atomic mass is 16.5. The Morgan fingerprint density at radius 1 is 1.47 bits per heavy atom. The lowest BCUT2D eigenvalue weighted by Gasteiger charge is -2.12. The minimum absolute atomic E-state index is 0.101. The van der Waals surface area contributed by atoms with E-state index in [1.807, 2.05) is 19.1 Å². The van der Waals surface area contributed by atoms with Crippen LogP contribution in [0.15, 0.2) is 36.9 Å². The molecule has 0 aliphatic carbocycles. The summed E-state index contributed by atoms with van der Waals surface area (Å²) in [5.74, 6) is 0.0254. The first kappa shape index (κ1) is 13.3. The number of hydrogen-bond donors (Lipinski definition) is 1. The van der Waals surface area contributed by atoms with E-state index < -0.39 is 0 Å². The SMILES string of the molecule is C=CCC(=O)OC(C)CCc1ccc(O)cc1. The molecule has 0 saturated heterocycles. The molecule has 0 radical (unpaired) electrons. The van der Waals surface area contributed by atoms with E-state index in [9.17, 15) is 4.79 Å². The van der Waals surface area contributed by atoms with Crippen LogP contribution < -0.4 is 0 Å². The number of hydrogen-bond acceptors (Lipinski definition) is 3. The molecule has 0 amide bonds. The van der Waals surface area contributed by atoms with Gasteiger partial charge in [0.25, 0.3) is 0 Å². The van der Waals surface area contributed by atoms with Crippen LogP contribution in [0.4, 0.5) is 0 Å². The third kappa shape index (κ3) is 5.20. The van der Waals surface area contributed by atoms with Crippen molar-refractivity contribution >= 4 is 5.97 Å². The first-order valence-electron chi connectivity index (χ1n) is 5.70. The molecule has 0 aliphatic rings. The number of benzene rings is 1. The number of carbonyl (C=O) groups excluding carboxylic acids is 1. The maximum atomic E-state index is 11.2. The Labute approximate surface area is 102 Å². The van der Waals surface area contributed by atoms with E-state index in [2.05, 4.69) is 6.58 Å². The van der Waals surface area contributed by atoms with Gasteiger partial charge in [0.15, 0.2) is 0 Å². The van der Waals surface area contributed by atoms with Gasteiger partial charge >= 0.3 is 5.97 Å². The van der Waals surface area contributed by atoms with Crippen molar-refractivity contribution in [3.63, 3.8) is 0 Å². The molecular formula is C14H18O3. The molecule has 17 heavy (non-hydrogen) atoms. The lowest BCUT2D eigenvalue weighted by atomic mass is 10.1. The highest BCUT2D eigenvalue weighted by Crippen LogP contribution is 2.13. The fraction of sp³-hybridized carbons (Fsp3) is 0.357. The summed E-state index contributed by atoms with van der Waals surface area (Å²) >= 11 is 0. The minimum Gasteiger partial charge on any atom is -0.508 e. The normalized spacial score (nSPS) is 11.8. The van der Waals surface area contributed by atoms with E-state index in [1.165, 1.54) is 6.08 Å². The molecule has 1 N–H and O–H groups in total. The number of ether oxygens (including phenoxy) is 1. The van der Waals surface area contributed by atoms with Gasteiger partial charge in [-0.3, -0.25) is 4.79 Å². The first-order chi connectivity index (χ1) is 8.11. The van der Waals surface area contributed by atoms with Crippen molar-refractivity contribution in [2.45, 2.75) is 32.3 Å². The summed E-state index contributed by atoms with van der Waals surface area (Å²) in [7, 11) is 0. The second kappa shape index (κ2) is 6.74. The van der Waals surface area contributed by atoms with Gasteiger partial charge in [-0.25, -0.2) is 0 Å². The van der Waals surface area contributed by atoms with Crippen molar-refractivity contribution in [2.24, 2.45) is 0 Å². The molecule has 1 aromatic carbocycles. The van der Waals surface area contributed by atoms with E-state index in [-0.39, 0.29) is 24.2 Å². The molecule has 92 valence electrons. The van der Waals surface area contributed by atoms with Crippen molar-refractivity contribution in [3.05, 3.63) is 42.5 Å². The zero-order chi connectivity index (χ0) is 12.7. The Hall–Kier alpha value is -1.77. The molecule has 3 nitrogen and oxygen atoms in total. The van der Waals surface area contributed by atoms with Crippen LogP contribution in [-0.2, 0) is 16.0 Å². The zero-order valence-electron chi connectivity index (χ0n) is 10.1. The summed E-state index contributed by atoms with van der Waals surface area (Å²) in [6.45, 7) is 5.36. The molecule has 0 fully saturated rings. The quantitative estimate of drug-likeness (QED) is 0.608. The third-order valence-electron chi connectivity index (χ3n) is 2.42. The molecule has 0 spiro atoms. The van der Waals surface area contributed by atoms with Crippen molar-refractivity contribution in [3.8, 4) is 5.75 Å². The number of phenolic OH excluding ortho intramolecular Hbond substituents is 1. The van der Waals surface area contributed by atoms with E-state index in [4.69, 9.17) is 9.84 Å². The monoisotopic (exact) mass is 234 g/mol. The molecule has 0 aliphatic heterocycles. The second-order valence-corrected chi connectivity index (χ2v) is 4.00. The van der Waals surface area contributed by atoms with Gasteiger partial charge in [-0.2, -0.15) is 0 Å². The molecule has 0 bridgehead atoms. The van der Waals surface area contributed by atoms with E-state index in [0.29, 0.717) is 0 Å². The Morgan fingerprint density at radius 2 is 2.12 bits per heavy atom. The first-order valence-corrected chi connectivity index (χ1v) is 5.70. The average Bonchev–Trinajstić information content (AvgIpc) is 2.28. The molecule has 0 saturated carbocycles. The summed E-state index contributed by atoms with van der Waals surface area (Å²) in [6, 6.07) is 7.05. The van der Waals surface area contributed by atoms with Gasteiger partial charge in [0.2, 0.25) is 0 Å². The van der Waals surface area contributed by atoms with Gasteiger partial charge in [-0.05, 0) is 37.5 Å². The van der Waals surface area contributed by atoms with Crippen molar-refractivity contribution in [1.29, 1.82) is 0 Å². The molecule has 1 aromatic rings. The molecule has 0 aromatic heterocycles. The fourth-order valence-corrected chi connectivity index (χ4v) is 1.48. The average molecular weight is 234 g/mol. The number of phenols is 1. The summed E-state index contributed by atoms with van der Waals surface area (Å²) < 4.78 is 5.18. The molecule has 0 heterocycles. The summed E-state index contributed by atoms with van der Waals surface area (Å²) in [4.78, 5) is 11.2. The maximum Gasteiger partial charge on any atom is 0.309 e. The Bertz CT molecular complexity index is 368. The third-order valence-corrected chi connectivity index (χ3v) is 2.42. The van der Waals surface area contributed by atoms with Gasteiger partial charge in [0, 0.05) is 0 Å². The van der Waals surface area contributed by atoms with E-state index >= 15 is 0 Å². The lowest BCUT2D eigenvalue weighted by molar-refractivity contribution is -0.147. The number of aromatic hydroxyl groups is 1. The zero-order valence-corrected chi connectivity index (χ0v) is 10.1. The molecule has 1 rings (SSSR count). The van der Waals surface area contributed by atoms with Gasteiger partial charge in [0.05, 0.1) is 12.5 Å². The summed E-state index contributed by atoms with van der Waals surface area (Å²) in [5, 5.41) is 9.13. The largest absolute Gasteiger partial charge is 0.508 e. The van der Waals surface area contributed by atoms with Crippen molar-refractivity contribution in [2.75, 3.05) is 0 Å². The Balaban J connectivity index is 2.32. The van der Waals surface area contributed by atoms with Gasteiger partial charge in [0.1, 0.15) is 5.75 Å². The predicted molar refractivity (Wildman–Crippen MR) is 66.8 cm³/mol. The summed E-state index contributed by atoms with van der Waals surface area (Å²) in [5.41, 5.74) is 1.12. The number of rotatable bonds is 6. The molecular weight excluding hydrogens is 216 g/mol. The lowest BCUT2D eigenvalue weighted by Crippen LogP contribution is -2.14. The van der Waals surface area contributed by atoms with Crippen LogP contribution in [0.5, 0.6) is 5.75 Å². The van der Waals surface area contributed by atoms with Gasteiger partial charge in [-0.1, -0.05) is 18.2 Å². The predicted octanol–water partition coefficient (Wildman–Crippen LogP) is 2.83. The van der Waals surface area contributed by atoms with E-state index in [1.54, 1.807) is 12.1 Å². The van der Waals surface area contributed by atoms with E-state index in [0.717, 1.165) is 18.4 Å². The number of aryl methyl sites for hydroxylation is 1. The molecule has 3 heteroatoms. The smallest absolute Gasteiger partial charge is 0.309 e. The minimum atomic E-state index is -0.238. The van der Waals surface area contributed by atoms with Crippen molar-refractivity contribution in [1.82, 2.24) is 0 Å². The van der Waals surface area contributed by atoms with Crippen LogP contribution in [0.2, 0.25) is 0 Å². The van der Waals surface area contributed by atoms with Gasteiger partial charge < -0.3 is 9.84 Å². The molecule has 1 atom stereocenters. The Morgan fingerprint density at radius 3 is 2.71 bits per heavy atom. The fourth-order valence-electron chi connectivity index (χ4n) is 1.48. The highest BCUT2D eigenvalue weighted by Gasteiger charge is 2.08. The number of esters is 1. The molecule has 1 unspecified atom stereocenters. The summed E-state index contributed by atoms with van der Waals surface area (Å²) in [6.07, 6.45) is 3.28. The maximum absolute atomic E-state index is 11.2. The van der Waals surface area contributed by atoms with Gasteiger partial charge in [-0.15, -0.1) is 6.58 Å². The Kier molecular flexibility index (Phi) is 5.27. The van der Waals surface area contributed by atoms with Crippen molar-refractivity contribution < 1.29 is 14.6 Å². The standard InChI is InChI=1S/C14H18O3/c1-3-4-14(16)17-11(2)5-6-12-7-9-13(15)10-8-12/h3,7-11,15H,1,4-6H2,2H3. The van der Waals surface area contributed by atoms with Crippen LogP contribution >= 0.6 is 0 Å². The second-order valence-electron chi connectivity index (χ2n) is 4.00. The van der Waals surface area contributed by atoms with Crippen LogP contribution in [0.3, 0.4) is 0 Å². The topological polar surface area (TPSA) is 46.5 Å². The van der Waals surface area contributed by atoms with Crippen LogP contribution in [0.1, 0.15) is 25.3 Å².